The third-order valence-corrected chi connectivity index (χ3v) is 5.71. The number of nitrogens with zero attached hydrogens (tertiary/aromatic N) is 1. The van der Waals surface area contributed by atoms with Crippen molar-refractivity contribution in [3.05, 3.63) is 58.7 Å². The smallest absolute Gasteiger partial charge is 0.171 e. The molecule has 1 fully saturated rings. The van der Waals surface area contributed by atoms with E-state index in [1.54, 1.807) is 6.20 Å². The van der Waals surface area contributed by atoms with Gasteiger partial charge in [0.25, 0.3) is 0 Å². The van der Waals surface area contributed by atoms with Gasteiger partial charge >= 0.3 is 0 Å². The summed E-state index contributed by atoms with van der Waals surface area (Å²) in [6.45, 7) is 2.80. The first-order valence-corrected chi connectivity index (χ1v) is 9.60. The van der Waals surface area contributed by atoms with Crippen LogP contribution < -0.4 is 10.6 Å². The molecule has 1 aliphatic carbocycles. The molecule has 5 heteroatoms. The standard InChI is InChI=1S/C20H24ClN3S/c1-15-12-18(22-13-17(15)21)24-19(25)23-14-20(10-6-3-7-11-20)16-8-4-2-5-9-16/h2,4-5,8-9,12-13H,3,6-7,10-11,14H2,1H3,(H2,22,23,24,25). The molecule has 1 heterocycles. The topological polar surface area (TPSA) is 37.0 Å². The first-order chi connectivity index (χ1) is 12.1. The molecule has 0 saturated heterocycles. The molecule has 0 bridgehead atoms. The summed E-state index contributed by atoms with van der Waals surface area (Å²) in [4.78, 5) is 4.28. The van der Waals surface area contributed by atoms with E-state index >= 15 is 0 Å². The van der Waals surface area contributed by atoms with Crippen molar-refractivity contribution in [2.45, 2.75) is 44.4 Å². The summed E-state index contributed by atoms with van der Waals surface area (Å²) in [5.41, 5.74) is 2.55. The Morgan fingerprint density at radius 3 is 2.60 bits per heavy atom. The third-order valence-electron chi connectivity index (χ3n) is 5.07. The number of rotatable bonds is 4. The zero-order valence-electron chi connectivity index (χ0n) is 14.5. The van der Waals surface area contributed by atoms with E-state index in [1.165, 1.54) is 37.7 Å². The van der Waals surface area contributed by atoms with Gasteiger partial charge in [0, 0.05) is 18.2 Å². The molecule has 3 rings (SSSR count). The van der Waals surface area contributed by atoms with Gasteiger partial charge in [0.1, 0.15) is 5.82 Å². The molecular formula is C20H24ClN3S. The molecule has 1 aliphatic rings. The Bertz CT molecular complexity index is 727. The van der Waals surface area contributed by atoms with Gasteiger partial charge in [-0.3, -0.25) is 0 Å². The number of halogens is 1. The second-order valence-electron chi connectivity index (χ2n) is 6.83. The van der Waals surface area contributed by atoms with Crippen LogP contribution in [0.25, 0.3) is 0 Å². The molecule has 25 heavy (non-hydrogen) atoms. The van der Waals surface area contributed by atoms with E-state index in [9.17, 15) is 0 Å². The molecule has 0 radical (unpaired) electrons. The van der Waals surface area contributed by atoms with Crippen LogP contribution in [0.4, 0.5) is 5.82 Å². The van der Waals surface area contributed by atoms with Gasteiger partial charge < -0.3 is 10.6 Å². The Morgan fingerprint density at radius 1 is 1.20 bits per heavy atom. The lowest BCUT2D eigenvalue weighted by atomic mass is 9.69. The van der Waals surface area contributed by atoms with Crippen molar-refractivity contribution in [3.8, 4) is 0 Å². The number of hydrogen-bond acceptors (Lipinski definition) is 2. The molecule has 1 saturated carbocycles. The highest BCUT2D eigenvalue weighted by Gasteiger charge is 2.33. The Hall–Kier alpha value is -1.65. The van der Waals surface area contributed by atoms with Gasteiger partial charge in [0.15, 0.2) is 5.11 Å². The number of pyridine rings is 1. The van der Waals surface area contributed by atoms with Crippen LogP contribution in [0.1, 0.15) is 43.2 Å². The highest BCUT2D eigenvalue weighted by atomic mass is 35.5. The summed E-state index contributed by atoms with van der Waals surface area (Å²) < 4.78 is 0. The summed E-state index contributed by atoms with van der Waals surface area (Å²) >= 11 is 11.5. The second kappa shape index (κ2) is 8.15. The van der Waals surface area contributed by atoms with Crippen LogP contribution in [-0.2, 0) is 5.41 Å². The maximum atomic E-state index is 6.03. The first kappa shape index (κ1) is 18.2. The maximum Gasteiger partial charge on any atom is 0.171 e. The lowest BCUT2D eigenvalue weighted by Crippen LogP contribution is -2.43. The van der Waals surface area contributed by atoms with Gasteiger partial charge in [-0.05, 0) is 49.2 Å². The number of benzene rings is 1. The van der Waals surface area contributed by atoms with E-state index in [-0.39, 0.29) is 5.41 Å². The molecule has 1 aromatic carbocycles. The monoisotopic (exact) mass is 373 g/mol. The lowest BCUT2D eigenvalue weighted by Gasteiger charge is -2.38. The Labute approximate surface area is 160 Å². The number of aryl methyl sites for hydroxylation is 1. The highest BCUT2D eigenvalue weighted by Crippen LogP contribution is 2.38. The summed E-state index contributed by atoms with van der Waals surface area (Å²) in [6.07, 6.45) is 7.92. The van der Waals surface area contributed by atoms with Crippen LogP contribution in [0, 0.1) is 6.92 Å². The Balaban J connectivity index is 1.66. The fraction of sp³-hybridized carbons (Fsp3) is 0.400. The molecule has 2 aromatic rings. The predicted octanol–water partition coefficient (Wildman–Crippen LogP) is 5.23. The zero-order valence-corrected chi connectivity index (χ0v) is 16.1. The van der Waals surface area contributed by atoms with Crippen LogP contribution in [-0.4, -0.2) is 16.6 Å². The van der Waals surface area contributed by atoms with E-state index in [0.29, 0.717) is 10.1 Å². The number of anilines is 1. The quantitative estimate of drug-likeness (QED) is 0.719. The van der Waals surface area contributed by atoms with Gasteiger partial charge in [0.2, 0.25) is 0 Å². The van der Waals surface area contributed by atoms with Crippen molar-refractivity contribution < 1.29 is 0 Å². The molecule has 0 aliphatic heterocycles. The van der Waals surface area contributed by atoms with Crippen LogP contribution in [0.5, 0.6) is 0 Å². The van der Waals surface area contributed by atoms with E-state index in [2.05, 4.69) is 45.9 Å². The molecule has 0 unspecified atom stereocenters. The van der Waals surface area contributed by atoms with E-state index in [4.69, 9.17) is 23.8 Å². The Kier molecular flexibility index (Phi) is 5.92. The van der Waals surface area contributed by atoms with Crippen LogP contribution in [0.3, 0.4) is 0 Å². The minimum Gasteiger partial charge on any atom is -0.362 e. The Morgan fingerprint density at radius 2 is 1.92 bits per heavy atom. The SMILES string of the molecule is Cc1cc(NC(=S)NCC2(c3ccccc3)CCCCC2)ncc1Cl. The molecule has 3 nitrogen and oxygen atoms in total. The van der Waals surface area contributed by atoms with E-state index in [0.717, 1.165) is 17.9 Å². The molecule has 1 aromatic heterocycles. The fourth-order valence-corrected chi connectivity index (χ4v) is 3.89. The van der Waals surface area contributed by atoms with Gasteiger partial charge in [-0.15, -0.1) is 0 Å². The minimum absolute atomic E-state index is 0.161. The summed E-state index contributed by atoms with van der Waals surface area (Å²) in [7, 11) is 0. The predicted molar refractivity (Wildman–Crippen MR) is 109 cm³/mol. The van der Waals surface area contributed by atoms with E-state index < -0.39 is 0 Å². The van der Waals surface area contributed by atoms with Gasteiger partial charge in [-0.25, -0.2) is 4.98 Å². The number of aromatic nitrogens is 1. The van der Waals surface area contributed by atoms with E-state index in [1.807, 2.05) is 13.0 Å². The molecule has 2 N–H and O–H groups in total. The molecule has 132 valence electrons. The summed E-state index contributed by atoms with van der Waals surface area (Å²) in [5, 5.41) is 7.86. The summed E-state index contributed by atoms with van der Waals surface area (Å²) in [6, 6.07) is 12.7. The first-order valence-electron chi connectivity index (χ1n) is 8.82. The highest BCUT2D eigenvalue weighted by molar-refractivity contribution is 7.80. The van der Waals surface area contributed by atoms with Gasteiger partial charge in [0.05, 0.1) is 5.02 Å². The van der Waals surface area contributed by atoms with Crippen molar-refractivity contribution in [2.24, 2.45) is 0 Å². The minimum atomic E-state index is 0.161. The van der Waals surface area contributed by atoms with Crippen molar-refractivity contribution >= 4 is 34.7 Å². The van der Waals surface area contributed by atoms with Crippen molar-refractivity contribution in [1.82, 2.24) is 10.3 Å². The molecular weight excluding hydrogens is 350 g/mol. The normalized spacial score (nSPS) is 16.2. The lowest BCUT2D eigenvalue weighted by molar-refractivity contribution is 0.292. The van der Waals surface area contributed by atoms with Crippen LogP contribution in [0.2, 0.25) is 5.02 Å². The fourth-order valence-electron chi connectivity index (χ4n) is 3.61. The number of nitrogens with one attached hydrogen (secondary N) is 2. The van der Waals surface area contributed by atoms with Crippen molar-refractivity contribution in [1.29, 1.82) is 0 Å². The zero-order chi connectivity index (χ0) is 17.7. The van der Waals surface area contributed by atoms with Crippen molar-refractivity contribution in [2.75, 3.05) is 11.9 Å². The second-order valence-corrected chi connectivity index (χ2v) is 7.65. The van der Waals surface area contributed by atoms with Crippen LogP contribution >= 0.6 is 23.8 Å². The number of thiocarbonyl (C=S) groups is 1. The van der Waals surface area contributed by atoms with Gasteiger partial charge in [-0.1, -0.05) is 61.2 Å². The third kappa shape index (κ3) is 4.50. The average molecular weight is 374 g/mol. The van der Waals surface area contributed by atoms with Crippen LogP contribution in [0.15, 0.2) is 42.6 Å². The van der Waals surface area contributed by atoms with Crippen molar-refractivity contribution in [3.63, 3.8) is 0 Å². The molecule has 0 spiro atoms. The molecule has 0 amide bonds. The summed E-state index contributed by atoms with van der Waals surface area (Å²) in [5.74, 6) is 0.719. The van der Waals surface area contributed by atoms with Gasteiger partial charge in [-0.2, -0.15) is 0 Å². The maximum absolute atomic E-state index is 6.03. The largest absolute Gasteiger partial charge is 0.362 e. The average Bonchev–Trinajstić information content (AvgIpc) is 2.65. The molecule has 0 atom stereocenters. The number of hydrogen-bond donors (Lipinski definition) is 2.